The average molecular weight is 424 g/mol. The van der Waals surface area contributed by atoms with E-state index in [1.807, 2.05) is 19.1 Å². The summed E-state index contributed by atoms with van der Waals surface area (Å²) in [5, 5.41) is 14.2. The summed E-state index contributed by atoms with van der Waals surface area (Å²) < 4.78 is 40.8. The minimum atomic E-state index is -4.12. The van der Waals surface area contributed by atoms with Gasteiger partial charge in [0.25, 0.3) is 0 Å². The highest BCUT2D eigenvalue weighted by Crippen LogP contribution is 2.43. The third kappa shape index (κ3) is 3.98. The van der Waals surface area contributed by atoms with Crippen molar-refractivity contribution in [3.8, 4) is 0 Å². The van der Waals surface area contributed by atoms with E-state index >= 15 is 0 Å². The summed E-state index contributed by atoms with van der Waals surface area (Å²) in [6.07, 6.45) is -3.07. The number of likely N-dealkylation sites (tertiary alicyclic amines) is 1. The molecule has 1 amide bonds. The van der Waals surface area contributed by atoms with E-state index in [1.54, 1.807) is 4.52 Å². The van der Waals surface area contributed by atoms with Crippen LogP contribution in [0.4, 0.5) is 18.0 Å². The smallest absolute Gasteiger partial charge is 0.407 e. The molecule has 1 N–H and O–H groups in total. The van der Waals surface area contributed by atoms with Crippen LogP contribution >= 0.6 is 0 Å². The molecule has 4 rings (SSSR count). The van der Waals surface area contributed by atoms with Crippen molar-refractivity contribution in [2.45, 2.75) is 64.0 Å². The monoisotopic (exact) mass is 424 g/mol. The van der Waals surface area contributed by atoms with Gasteiger partial charge in [-0.2, -0.15) is 18.3 Å². The Morgan fingerprint density at radius 2 is 1.87 bits per heavy atom. The van der Waals surface area contributed by atoms with Crippen molar-refractivity contribution in [3.05, 3.63) is 29.2 Å². The van der Waals surface area contributed by atoms with Crippen molar-refractivity contribution < 1.29 is 23.1 Å². The highest BCUT2D eigenvalue weighted by atomic mass is 19.4. The van der Waals surface area contributed by atoms with Gasteiger partial charge < -0.3 is 10.0 Å². The number of piperidine rings is 1. The van der Waals surface area contributed by atoms with Crippen molar-refractivity contribution in [1.29, 1.82) is 0 Å². The number of carboxylic acid groups (broad SMARTS) is 1. The molecule has 1 saturated heterocycles. The predicted octanol–water partition coefficient (Wildman–Crippen LogP) is 4.98. The fourth-order valence-electron chi connectivity index (χ4n) is 4.95. The second-order valence-corrected chi connectivity index (χ2v) is 8.85. The molecule has 0 radical (unpaired) electrons. The number of carbonyl (C=O) groups is 1. The summed E-state index contributed by atoms with van der Waals surface area (Å²) in [5.41, 5.74) is 3.21. The zero-order valence-corrected chi connectivity index (χ0v) is 17.2. The van der Waals surface area contributed by atoms with Crippen LogP contribution in [0, 0.1) is 18.8 Å². The molecular weight excluding hydrogens is 397 g/mol. The molecule has 0 unspecified atom stereocenters. The van der Waals surface area contributed by atoms with Crippen LogP contribution in [-0.2, 0) is 0 Å². The van der Waals surface area contributed by atoms with Gasteiger partial charge in [0.15, 0.2) is 5.65 Å². The first-order chi connectivity index (χ1) is 14.1. The van der Waals surface area contributed by atoms with E-state index < -0.39 is 18.2 Å². The van der Waals surface area contributed by atoms with Gasteiger partial charge in [0, 0.05) is 36.7 Å². The standard InChI is InChI=1S/C21H27F3N4O2/c1-12-7-8-27(20(29)30)11-16(12)18-9-13(2)25-19-10-17(26-28(18)19)14-3-5-15(6-4-14)21(22,23)24/h9-10,12,14-16H,3-8,11H2,1-2H3,(H,29,30)/t12-,14?,15?,16-/m1/s1. The number of nitrogens with zero attached hydrogens (tertiary/aromatic N) is 4. The molecule has 0 aromatic carbocycles. The Kier molecular flexibility index (Phi) is 5.40. The first-order valence-corrected chi connectivity index (χ1v) is 10.5. The molecular formula is C21H27F3N4O2. The Morgan fingerprint density at radius 3 is 2.50 bits per heavy atom. The van der Waals surface area contributed by atoms with E-state index in [0.29, 0.717) is 37.5 Å². The van der Waals surface area contributed by atoms with Crippen LogP contribution in [0.2, 0.25) is 0 Å². The summed E-state index contributed by atoms with van der Waals surface area (Å²) in [7, 11) is 0. The molecule has 1 saturated carbocycles. The van der Waals surface area contributed by atoms with E-state index in [-0.39, 0.29) is 24.7 Å². The molecule has 164 valence electrons. The summed E-state index contributed by atoms with van der Waals surface area (Å²) in [5.74, 6) is -0.933. The number of halogens is 3. The highest BCUT2D eigenvalue weighted by Gasteiger charge is 2.42. The maximum atomic E-state index is 13.0. The largest absolute Gasteiger partial charge is 0.465 e. The molecule has 9 heteroatoms. The van der Waals surface area contributed by atoms with Crippen LogP contribution in [0.5, 0.6) is 0 Å². The molecule has 2 aromatic rings. The number of amides is 1. The van der Waals surface area contributed by atoms with E-state index in [4.69, 9.17) is 5.10 Å². The number of hydrogen-bond acceptors (Lipinski definition) is 3. The molecule has 30 heavy (non-hydrogen) atoms. The second kappa shape index (κ2) is 7.74. The fourth-order valence-corrected chi connectivity index (χ4v) is 4.95. The molecule has 1 aliphatic heterocycles. The predicted molar refractivity (Wildman–Crippen MR) is 105 cm³/mol. The van der Waals surface area contributed by atoms with Crippen LogP contribution in [0.3, 0.4) is 0 Å². The molecule has 2 fully saturated rings. The normalized spacial score (nSPS) is 28.1. The van der Waals surface area contributed by atoms with E-state index in [2.05, 4.69) is 11.9 Å². The van der Waals surface area contributed by atoms with Crippen LogP contribution in [0.25, 0.3) is 5.65 Å². The Bertz CT molecular complexity index is 934. The summed E-state index contributed by atoms with van der Waals surface area (Å²) in [6, 6.07) is 3.84. The third-order valence-electron chi connectivity index (χ3n) is 6.82. The number of aromatic nitrogens is 3. The minimum absolute atomic E-state index is 0.00208. The lowest BCUT2D eigenvalue weighted by molar-refractivity contribution is -0.182. The quantitative estimate of drug-likeness (QED) is 0.738. The van der Waals surface area contributed by atoms with Crippen molar-refractivity contribution in [3.63, 3.8) is 0 Å². The van der Waals surface area contributed by atoms with E-state index in [1.165, 1.54) is 4.90 Å². The van der Waals surface area contributed by atoms with Gasteiger partial charge >= 0.3 is 12.3 Å². The van der Waals surface area contributed by atoms with Gasteiger partial charge in [0.05, 0.1) is 17.3 Å². The maximum absolute atomic E-state index is 13.0. The lowest BCUT2D eigenvalue weighted by atomic mass is 9.80. The molecule has 2 atom stereocenters. The SMILES string of the molecule is Cc1cc([C@@H]2CN(C(=O)O)CC[C@H]2C)n2nc(C3CCC(C(F)(F)F)CC3)cc2n1. The van der Waals surface area contributed by atoms with Crippen LogP contribution < -0.4 is 0 Å². The van der Waals surface area contributed by atoms with Crippen molar-refractivity contribution in [2.24, 2.45) is 11.8 Å². The van der Waals surface area contributed by atoms with Gasteiger partial charge in [-0.3, -0.25) is 0 Å². The first-order valence-electron chi connectivity index (χ1n) is 10.5. The molecule has 0 spiro atoms. The van der Waals surface area contributed by atoms with Gasteiger partial charge in [0.2, 0.25) is 0 Å². The lowest BCUT2D eigenvalue weighted by Crippen LogP contribution is -2.42. The second-order valence-electron chi connectivity index (χ2n) is 8.85. The van der Waals surface area contributed by atoms with Gasteiger partial charge in [0.1, 0.15) is 0 Å². The first kappa shape index (κ1) is 20.9. The van der Waals surface area contributed by atoms with Crippen LogP contribution in [0.1, 0.15) is 67.9 Å². The van der Waals surface area contributed by atoms with Gasteiger partial charge in [-0.25, -0.2) is 14.3 Å². The maximum Gasteiger partial charge on any atom is 0.407 e. The summed E-state index contributed by atoms with van der Waals surface area (Å²) >= 11 is 0. The highest BCUT2D eigenvalue weighted by molar-refractivity contribution is 5.65. The number of rotatable bonds is 2. The number of aryl methyl sites for hydroxylation is 1. The molecule has 6 nitrogen and oxygen atoms in total. The topological polar surface area (TPSA) is 70.7 Å². The van der Waals surface area contributed by atoms with Crippen LogP contribution in [-0.4, -0.2) is 50.0 Å². The molecule has 0 bridgehead atoms. The minimum Gasteiger partial charge on any atom is -0.465 e. The van der Waals surface area contributed by atoms with Crippen LogP contribution in [0.15, 0.2) is 12.1 Å². The summed E-state index contributed by atoms with van der Waals surface area (Å²) in [4.78, 5) is 17.5. The van der Waals surface area contributed by atoms with E-state index in [0.717, 1.165) is 23.5 Å². The third-order valence-corrected chi connectivity index (χ3v) is 6.82. The van der Waals surface area contributed by atoms with Gasteiger partial charge in [-0.1, -0.05) is 6.92 Å². The molecule has 3 heterocycles. The number of fused-ring (bicyclic) bond motifs is 1. The zero-order valence-electron chi connectivity index (χ0n) is 17.2. The van der Waals surface area contributed by atoms with Gasteiger partial charge in [-0.15, -0.1) is 0 Å². The molecule has 2 aliphatic rings. The van der Waals surface area contributed by atoms with Gasteiger partial charge in [-0.05, 0) is 51.0 Å². The van der Waals surface area contributed by atoms with E-state index in [9.17, 15) is 23.1 Å². The van der Waals surface area contributed by atoms with Crippen molar-refractivity contribution in [1.82, 2.24) is 19.5 Å². The molecule has 1 aliphatic carbocycles. The number of alkyl halides is 3. The summed E-state index contributed by atoms with van der Waals surface area (Å²) in [6.45, 7) is 4.94. The Morgan fingerprint density at radius 1 is 1.17 bits per heavy atom. The Labute approximate surface area is 173 Å². The van der Waals surface area contributed by atoms with Crippen molar-refractivity contribution >= 4 is 11.7 Å². The zero-order chi connectivity index (χ0) is 21.6. The van der Waals surface area contributed by atoms with Crippen molar-refractivity contribution in [2.75, 3.05) is 13.1 Å². The number of hydrogen-bond donors (Lipinski definition) is 1. The fraction of sp³-hybridized carbons (Fsp3) is 0.667. The Balaban J connectivity index is 1.63. The Hall–Kier alpha value is -2.32. The average Bonchev–Trinajstić information content (AvgIpc) is 3.11. The lowest BCUT2D eigenvalue weighted by Gasteiger charge is -2.35. The molecule has 2 aromatic heterocycles.